The smallest absolute Gasteiger partial charge is 0.249 e. The molecular weight excluding hydrogens is 558 g/mol. The van der Waals surface area contributed by atoms with Gasteiger partial charge in [-0.15, -0.1) is 0 Å². The summed E-state index contributed by atoms with van der Waals surface area (Å²) in [5, 5.41) is 9.36. The van der Waals surface area contributed by atoms with Gasteiger partial charge in [-0.3, -0.25) is 14.4 Å². The topological polar surface area (TPSA) is 99.6 Å². The molecule has 5 atom stereocenters. The molecule has 1 aromatic carbocycles. The molecule has 5 aliphatic rings. The molecule has 0 aromatic heterocycles. The first-order chi connectivity index (χ1) is 21.4. The predicted molar refractivity (Wildman–Crippen MR) is 167 cm³/mol. The number of unbranched alkanes of at least 4 members (excludes halogenated alkanes) is 2. The fourth-order valence-electron chi connectivity index (χ4n) is 8.43. The average Bonchev–Trinajstić information content (AvgIpc) is 3.32. The number of aliphatic hydroxyl groups is 1. The van der Waals surface area contributed by atoms with Crippen molar-refractivity contribution in [1.29, 1.82) is 0 Å². The van der Waals surface area contributed by atoms with E-state index >= 15 is 0 Å². The van der Waals surface area contributed by atoms with E-state index in [1.165, 1.54) is 6.42 Å². The van der Waals surface area contributed by atoms with Crippen LogP contribution in [0.5, 0.6) is 5.75 Å². The number of benzene rings is 1. The zero-order chi connectivity index (χ0) is 30.9. The Balaban J connectivity index is 1.40. The number of aliphatic hydroxyl groups excluding tert-OH is 1. The molecule has 0 radical (unpaired) electrons. The lowest BCUT2D eigenvalue weighted by Gasteiger charge is -2.40. The Hall–Kier alpha value is -3.17. The molecule has 4 aliphatic heterocycles. The largest absolute Gasteiger partial charge is 0.494 e. The van der Waals surface area contributed by atoms with Crippen molar-refractivity contribution < 1.29 is 29.0 Å². The molecule has 4 heterocycles. The number of likely N-dealkylation sites (tertiary alicyclic amines) is 1. The Labute approximate surface area is 260 Å². The Morgan fingerprint density at radius 1 is 0.886 bits per heavy atom. The summed E-state index contributed by atoms with van der Waals surface area (Å²) in [6.45, 7) is 5.81. The molecule has 1 aromatic rings. The highest BCUT2D eigenvalue weighted by Gasteiger charge is 2.75. The van der Waals surface area contributed by atoms with E-state index in [-0.39, 0.29) is 30.4 Å². The van der Waals surface area contributed by atoms with E-state index in [1.807, 2.05) is 67.3 Å². The minimum atomic E-state index is -1.24. The minimum absolute atomic E-state index is 0.0672. The van der Waals surface area contributed by atoms with Crippen molar-refractivity contribution in [3.63, 3.8) is 0 Å². The molecule has 2 saturated heterocycles. The van der Waals surface area contributed by atoms with Gasteiger partial charge in [0.2, 0.25) is 17.7 Å². The maximum absolute atomic E-state index is 14.7. The van der Waals surface area contributed by atoms with Crippen LogP contribution in [0.3, 0.4) is 0 Å². The number of hydrogen-bond acceptors (Lipinski definition) is 6. The Kier molecular flexibility index (Phi) is 8.88. The Morgan fingerprint density at radius 2 is 1.64 bits per heavy atom. The number of anilines is 1. The molecule has 1 saturated carbocycles. The van der Waals surface area contributed by atoms with E-state index in [1.54, 1.807) is 9.80 Å². The van der Waals surface area contributed by atoms with Gasteiger partial charge in [0.25, 0.3) is 0 Å². The number of rotatable bonds is 10. The van der Waals surface area contributed by atoms with Crippen LogP contribution in [-0.4, -0.2) is 88.8 Å². The highest BCUT2D eigenvalue weighted by atomic mass is 16.5. The van der Waals surface area contributed by atoms with Crippen molar-refractivity contribution >= 4 is 23.4 Å². The second kappa shape index (κ2) is 12.7. The first-order valence-corrected chi connectivity index (χ1v) is 16.7. The highest BCUT2D eigenvalue weighted by molar-refractivity contribution is 6.04. The third-order valence-corrected chi connectivity index (χ3v) is 10.5. The fourth-order valence-corrected chi connectivity index (χ4v) is 8.43. The maximum Gasteiger partial charge on any atom is 0.249 e. The van der Waals surface area contributed by atoms with Crippen LogP contribution in [0.4, 0.5) is 5.69 Å². The van der Waals surface area contributed by atoms with Gasteiger partial charge < -0.3 is 29.3 Å². The normalized spacial score (nSPS) is 32.0. The zero-order valence-electron chi connectivity index (χ0n) is 26.2. The number of carbonyl (C=O) groups is 3. The highest BCUT2D eigenvalue weighted by Crippen LogP contribution is 2.59. The van der Waals surface area contributed by atoms with Gasteiger partial charge in [-0.2, -0.15) is 0 Å². The fraction of sp³-hybridized carbons (Fsp3) is 0.629. The maximum atomic E-state index is 14.7. The molecule has 9 nitrogen and oxygen atoms in total. The lowest BCUT2D eigenvalue weighted by molar-refractivity contribution is -0.154. The molecular formula is C35H47N3O6. The lowest BCUT2D eigenvalue weighted by Crippen LogP contribution is -2.57. The summed E-state index contributed by atoms with van der Waals surface area (Å²) < 4.78 is 12.7. The van der Waals surface area contributed by atoms with Crippen molar-refractivity contribution in [2.45, 2.75) is 94.9 Å². The molecule has 9 heteroatoms. The summed E-state index contributed by atoms with van der Waals surface area (Å²) in [5.74, 6) is -1.28. The summed E-state index contributed by atoms with van der Waals surface area (Å²) in [6, 6.07) is 6.79. The summed E-state index contributed by atoms with van der Waals surface area (Å²) in [5.41, 5.74) is -1.52. The van der Waals surface area contributed by atoms with E-state index in [0.29, 0.717) is 45.5 Å². The minimum Gasteiger partial charge on any atom is -0.494 e. The molecule has 1 spiro atoms. The van der Waals surface area contributed by atoms with Crippen molar-refractivity contribution in [2.75, 3.05) is 37.7 Å². The number of ether oxygens (including phenoxy) is 2. The molecule has 1 unspecified atom stereocenters. The molecule has 3 fully saturated rings. The molecule has 1 aliphatic carbocycles. The summed E-state index contributed by atoms with van der Waals surface area (Å²) in [6.07, 6.45) is 15.8. The number of fused-ring (bicyclic) bond motifs is 2. The van der Waals surface area contributed by atoms with E-state index in [0.717, 1.165) is 43.5 Å². The van der Waals surface area contributed by atoms with Crippen molar-refractivity contribution in [3.8, 4) is 5.75 Å². The second-order valence-corrected chi connectivity index (χ2v) is 12.9. The Morgan fingerprint density at radius 3 is 2.34 bits per heavy atom. The van der Waals surface area contributed by atoms with E-state index in [9.17, 15) is 19.5 Å². The van der Waals surface area contributed by atoms with E-state index in [2.05, 4.69) is 0 Å². The molecule has 3 amide bonds. The third kappa shape index (κ3) is 5.06. The van der Waals surface area contributed by atoms with Gasteiger partial charge in [0.05, 0.1) is 24.0 Å². The number of amides is 3. The van der Waals surface area contributed by atoms with Crippen molar-refractivity contribution in [2.24, 2.45) is 11.8 Å². The first kappa shape index (κ1) is 30.8. The number of hydrogen-bond donors (Lipinski definition) is 1. The van der Waals surface area contributed by atoms with Crippen molar-refractivity contribution in [1.82, 2.24) is 9.80 Å². The SMILES string of the molecule is CCOc1ccc(N2CC=C[C@]3(CC)O[C@]45C=CCN(C6CCCCC6)C(=O)C4N(CCCCCO)C(=O)[C@@H]5[C@@H]3C2=O)cc1. The quantitative estimate of drug-likeness (QED) is 0.317. The van der Waals surface area contributed by atoms with Gasteiger partial charge in [-0.25, -0.2) is 0 Å². The van der Waals surface area contributed by atoms with Crippen LogP contribution in [-0.2, 0) is 19.1 Å². The first-order valence-electron chi connectivity index (χ1n) is 16.7. The molecule has 6 rings (SSSR count). The van der Waals surface area contributed by atoms with Crippen LogP contribution >= 0.6 is 0 Å². The summed E-state index contributed by atoms with van der Waals surface area (Å²) >= 11 is 0. The van der Waals surface area contributed by atoms with Gasteiger partial charge >= 0.3 is 0 Å². The van der Waals surface area contributed by atoms with Crippen LogP contribution in [0, 0.1) is 11.8 Å². The molecule has 44 heavy (non-hydrogen) atoms. The molecule has 1 N–H and O–H groups in total. The average molecular weight is 606 g/mol. The second-order valence-electron chi connectivity index (χ2n) is 12.9. The lowest BCUT2D eigenvalue weighted by atomic mass is 9.73. The van der Waals surface area contributed by atoms with Crippen LogP contribution in [0.15, 0.2) is 48.6 Å². The molecule has 238 valence electrons. The number of nitrogens with zero attached hydrogens (tertiary/aromatic N) is 3. The predicted octanol–water partition coefficient (Wildman–Crippen LogP) is 4.24. The number of carbonyl (C=O) groups excluding carboxylic acids is 3. The summed E-state index contributed by atoms with van der Waals surface area (Å²) in [4.78, 5) is 49.5. The Bertz CT molecular complexity index is 1290. The van der Waals surface area contributed by atoms with Crippen LogP contribution in [0.25, 0.3) is 0 Å². The van der Waals surface area contributed by atoms with Gasteiger partial charge in [-0.05, 0) is 69.7 Å². The van der Waals surface area contributed by atoms with Crippen molar-refractivity contribution in [3.05, 3.63) is 48.6 Å². The van der Waals surface area contributed by atoms with Gasteiger partial charge in [0, 0.05) is 38.0 Å². The van der Waals surface area contributed by atoms with Crippen LogP contribution in [0.2, 0.25) is 0 Å². The standard InChI is InChI=1S/C35H47N3O6/c1-3-34-19-11-22-36(26-15-17-27(18-16-26)43-4-2)31(40)28(34)29-32(41)38(21-9-6-10-24-39)30-33(42)37(25-13-7-5-8-14-25)23-12-20-35(29,30)44-34/h11-12,15-20,25,28-30,39H,3-10,13-14,21-24H2,1-2H3/t28-,29+,30?,34+,35+/m1/s1. The zero-order valence-corrected chi connectivity index (χ0v) is 26.2. The third-order valence-electron chi connectivity index (χ3n) is 10.5. The summed E-state index contributed by atoms with van der Waals surface area (Å²) in [7, 11) is 0. The van der Waals surface area contributed by atoms with Gasteiger partial charge in [-0.1, -0.05) is 50.5 Å². The van der Waals surface area contributed by atoms with Crippen LogP contribution < -0.4 is 9.64 Å². The van der Waals surface area contributed by atoms with E-state index < -0.39 is 29.1 Å². The van der Waals surface area contributed by atoms with E-state index in [4.69, 9.17) is 9.47 Å². The van der Waals surface area contributed by atoms with Crippen LogP contribution in [0.1, 0.15) is 71.6 Å². The van der Waals surface area contributed by atoms with Gasteiger partial charge in [0.15, 0.2) is 0 Å². The van der Waals surface area contributed by atoms with Gasteiger partial charge in [0.1, 0.15) is 17.4 Å². The molecule has 0 bridgehead atoms. The monoisotopic (exact) mass is 605 g/mol.